The highest BCUT2D eigenvalue weighted by atomic mass is 16.5. The smallest absolute Gasteiger partial charge is 0.132 e. The van der Waals surface area contributed by atoms with Crippen LogP contribution in [-0.2, 0) is 11.2 Å². The lowest BCUT2D eigenvalue weighted by Gasteiger charge is -2.14. The molecule has 1 aromatic rings. The number of carbonyl (C=O) groups excluding carboxylic acids is 1. The molecule has 0 atom stereocenters. The van der Waals surface area contributed by atoms with Crippen molar-refractivity contribution in [1.82, 2.24) is 0 Å². The van der Waals surface area contributed by atoms with Gasteiger partial charge in [-0.25, -0.2) is 0 Å². The summed E-state index contributed by atoms with van der Waals surface area (Å²) in [6, 6.07) is 4.22. The van der Waals surface area contributed by atoms with E-state index in [9.17, 15) is 4.79 Å². The minimum atomic E-state index is 0.393. The summed E-state index contributed by atoms with van der Waals surface area (Å²) in [6.07, 6.45) is 5.35. The summed E-state index contributed by atoms with van der Waals surface area (Å²) in [4.78, 5) is 11.5. The Balaban J connectivity index is 2.59. The average molecular weight is 276 g/mol. The molecule has 2 heteroatoms. The van der Waals surface area contributed by atoms with Gasteiger partial charge in [0.25, 0.3) is 0 Å². The van der Waals surface area contributed by atoms with E-state index in [2.05, 4.69) is 39.8 Å². The molecule has 0 amide bonds. The van der Waals surface area contributed by atoms with Gasteiger partial charge >= 0.3 is 0 Å². The van der Waals surface area contributed by atoms with Crippen molar-refractivity contribution in [1.29, 1.82) is 0 Å². The molecule has 0 aliphatic heterocycles. The molecule has 0 N–H and O–H groups in total. The molecule has 0 spiro atoms. The highest BCUT2D eigenvalue weighted by Crippen LogP contribution is 2.25. The van der Waals surface area contributed by atoms with Crippen LogP contribution in [-0.4, -0.2) is 12.4 Å². The first-order chi connectivity index (χ1) is 9.60. The van der Waals surface area contributed by atoms with Crippen molar-refractivity contribution < 1.29 is 9.53 Å². The Labute approximate surface area is 123 Å². The van der Waals surface area contributed by atoms with Crippen LogP contribution in [0.15, 0.2) is 12.1 Å². The van der Waals surface area contributed by atoms with Crippen LogP contribution in [0.3, 0.4) is 0 Å². The zero-order valence-corrected chi connectivity index (χ0v) is 13.4. The van der Waals surface area contributed by atoms with Gasteiger partial charge in [-0.2, -0.15) is 0 Å². The fourth-order valence-corrected chi connectivity index (χ4v) is 2.37. The summed E-state index contributed by atoms with van der Waals surface area (Å²) in [7, 11) is 0. The Morgan fingerprint density at radius 3 is 2.45 bits per heavy atom. The second-order valence-electron chi connectivity index (χ2n) is 5.46. The Hall–Kier alpha value is -1.31. The topological polar surface area (TPSA) is 26.3 Å². The van der Waals surface area contributed by atoms with Crippen LogP contribution >= 0.6 is 0 Å². The third-order valence-electron chi connectivity index (χ3n) is 3.74. The number of hydrogen-bond acceptors (Lipinski definition) is 2. The number of benzene rings is 1. The molecule has 0 saturated carbocycles. The maximum atomic E-state index is 11.5. The summed E-state index contributed by atoms with van der Waals surface area (Å²) in [5.41, 5.74) is 3.88. The highest BCUT2D eigenvalue weighted by molar-refractivity contribution is 5.78. The van der Waals surface area contributed by atoms with Gasteiger partial charge in [0.05, 0.1) is 6.61 Å². The predicted octanol–water partition coefficient (Wildman–Crippen LogP) is 4.78. The molecule has 0 aliphatic rings. The number of aryl methyl sites for hydroxylation is 1. The number of hydrogen-bond donors (Lipinski definition) is 0. The van der Waals surface area contributed by atoms with Gasteiger partial charge in [-0.3, -0.25) is 4.79 Å². The van der Waals surface area contributed by atoms with Crippen molar-refractivity contribution in [3.63, 3.8) is 0 Å². The van der Waals surface area contributed by atoms with Crippen LogP contribution in [0.1, 0.15) is 62.6 Å². The van der Waals surface area contributed by atoms with Crippen molar-refractivity contribution in [3.05, 3.63) is 28.8 Å². The summed E-state index contributed by atoms with van der Waals surface area (Å²) < 4.78 is 5.74. The molecular formula is C18H28O2. The van der Waals surface area contributed by atoms with Crippen LogP contribution in [0.4, 0.5) is 0 Å². The van der Waals surface area contributed by atoms with E-state index in [1.54, 1.807) is 0 Å². The van der Waals surface area contributed by atoms with Crippen molar-refractivity contribution in [2.75, 3.05) is 6.61 Å². The Bertz CT molecular complexity index is 435. The van der Waals surface area contributed by atoms with E-state index in [1.165, 1.54) is 16.7 Å². The fraction of sp³-hybridized carbons (Fsp3) is 0.611. The molecule has 1 aromatic carbocycles. The first-order valence-electron chi connectivity index (χ1n) is 7.83. The molecule has 0 fully saturated rings. The minimum absolute atomic E-state index is 0.393. The van der Waals surface area contributed by atoms with Crippen LogP contribution in [0, 0.1) is 13.8 Å². The Morgan fingerprint density at radius 2 is 1.80 bits per heavy atom. The fourth-order valence-electron chi connectivity index (χ4n) is 2.37. The highest BCUT2D eigenvalue weighted by Gasteiger charge is 2.08. The maximum Gasteiger partial charge on any atom is 0.132 e. The third-order valence-corrected chi connectivity index (χ3v) is 3.74. The van der Waals surface area contributed by atoms with Gasteiger partial charge in [0.15, 0.2) is 0 Å². The lowest BCUT2D eigenvalue weighted by molar-refractivity contribution is -0.119. The second kappa shape index (κ2) is 8.78. The zero-order chi connectivity index (χ0) is 15.0. The summed E-state index contributed by atoms with van der Waals surface area (Å²) in [6.45, 7) is 9.21. The maximum absolute atomic E-state index is 11.5. The molecule has 0 radical (unpaired) electrons. The molecule has 0 bridgehead atoms. The van der Waals surface area contributed by atoms with Crippen LogP contribution in [0.25, 0.3) is 0 Å². The number of ketones is 1. The van der Waals surface area contributed by atoms with Gasteiger partial charge in [0.1, 0.15) is 11.5 Å². The quantitative estimate of drug-likeness (QED) is 0.648. The number of rotatable bonds is 9. The van der Waals surface area contributed by atoms with Gasteiger partial charge in [-0.15, -0.1) is 0 Å². The van der Waals surface area contributed by atoms with Gasteiger partial charge in [0.2, 0.25) is 0 Å². The molecule has 0 aromatic heterocycles. The van der Waals surface area contributed by atoms with Gasteiger partial charge in [-0.1, -0.05) is 19.9 Å². The molecular weight excluding hydrogens is 248 g/mol. The largest absolute Gasteiger partial charge is 0.493 e. The third kappa shape index (κ3) is 4.99. The normalized spacial score (nSPS) is 10.6. The molecule has 20 heavy (non-hydrogen) atoms. The van der Waals surface area contributed by atoms with E-state index < -0.39 is 0 Å². The van der Waals surface area contributed by atoms with Crippen LogP contribution in [0.5, 0.6) is 5.75 Å². The molecule has 1 rings (SSSR count). The molecule has 0 heterocycles. The van der Waals surface area contributed by atoms with E-state index in [4.69, 9.17) is 4.74 Å². The monoisotopic (exact) mass is 276 g/mol. The van der Waals surface area contributed by atoms with Crippen molar-refractivity contribution in [3.8, 4) is 5.75 Å². The van der Waals surface area contributed by atoms with E-state index in [0.717, 1.165) is 44.5 Å². The molecule has 0 unspecified atom stereocenters. The van der Waals surface area contributed by atoms with Crippen LogP contribution < -0.4 is 4.74 Å². The first-order valence-corrected chi connectivity index (χ1v) is 7.83. The van der Waals surface area contributed by atoms with E-state index in [-0.39, 0.29) is 0 Å². The molecule has 2 nitrogen and oxygen atoms in total. The summed E-state index contributed by atoms with van der Waals surface area (Å²) in [5, 5.41) is 0. The second-order valence-corrected chi connectivity index (χ2v) is 5.46. The molecule has 0 aliphatic carbocycles. The standard InChI is InChI=1S/C18H28O2/c1-5-8-17(19)10-7-9-16-11-12-18(20-13-6-2)15(4)14(16)3/h11-12H,5-10,13H2,1-4H3. The Morgan fingerprint density at radius 1 is 1.05 bits per heavy atom. The average Bonchev–Trinajstić information content (AvgIpc) is 2.43. The number of ether oxygens (including phenoxy) is 1. The van der Waals surface area contributed by atoms with Gasteiger partial charge in [-0.05, 0) is 62.3 Å². The zero-order valence-electron chi connectivity index (χ0n) is 13.4. The van der Waals surface area contributed by atoms with Crippen LogP contribution in [0.2, 0.25) is 0 Å². The lowest BCUT2D eigenvalue weighted by Crippen LogP contribution is -2.02. The molecule has 112 valence electrons. The van der Waals surface area contributed by atoms with Crippen molar-refractivity contribution >= 4 is 5.78 Å². The van der Waals surface area contributed by atoms with Crippen molar-refractivity contribution in [2.45, 2.75) is 66.2 Å². The lowest BCUT2D eigenvalue weighted by atomic mass is 9.97. The first kappa shape index (κ1) is 16.7. The van der Waals surface area contributed by atoms with E-state index >= 15 is 0 Å². The molecule has 0 saturated heterocycles. The van der Waals surface area contributed by atoms with Gasteiger partial charge < -0.3 is 4.74 Å². The Kier molecular flexibility index (Phi) is 7.35. The number of Topliss-reactive ketones (excluding diaryl/α,β-unsaturated/α-hetero) is 1. The van der Waals surface area contributed by atoms with E-state index in [1.807, 2.05) is 0 Å². The van der Waals surface area contributed by atoms with Gasteiger partial charge in [0, 0.05) is 12.8 Å². The summed E-state index contributed by atoms with van der Waals surface area (Å²) >= 11 is 0. The van der Waals surface area contributed by atoms with Crippen molar-refractivity contribution in [2.24, 2.45) is 0 Å². The SMILES string of the molecule is CCCOc1ccc(CCCC(=O)CCC)c(C)c1C. The minimum Gasteiger partial charge on any atom is -0.493 e. The summed E-state index contributed by atoms with van der Waals surface area (Å²) in [5.74, 6) is 1.39. The predicted molar refractivity (Wildman–Crippen MR) is 84.6 cm³/mol. The number of carbonyl (C=O) groups is 1. The van der Waals surface area contributed by atoms with E-state index in [0.29, 0.717) is 12.2 Å².